The summed E-state index contributed by atoms with van der Waals surface area (Å²) in [5.41, 5.74) is 0.726. The van der Waals surface area contributed by atoms with Crippen LogP contribution in [0.1, 0.15) is 33.6 Å². The first-order valence-electron chi connectivity index (χ1n) is 8.65. The fraction of sp³-hybridized carbons (Fsp3) is 0.556. The van der Waals surface area contributed by atoms with Gasteiger partial charge in [0.1, 0.15) is 6.04 Å². The van der Waals surface area contributed by atoms with Gasteiger partial charge in [0.2, 0.25) is 17.7 Å². The predicted molar refractivity (Wildman–Crippen MR) is 94.6 cm³/mol. The van der Waals surface area contributed by atoms with Gasteiger partial charge in [-0.05, 0) is 30.9 Å². The minimum Gasteiger partial charge on any atom is -0.344 e. The van der Waals surface area contributed by atoms with Crippen molar-refractivity contribution in [3.63, 3.8) is 0 Å². The van der Waals surface area contributed by atoms with Crippen LogP contribution in [0.3, 0.4) is 0 Å². The van der Waals surface area contributed by atoms with Crippen LogP contribution in [-0.4, -0.2) is 46.7 Å². The van der Waals surface area contributed by atoms with Crippen molar-refractivity contribution in [1.29, 1.82) is 0 Å². The molecule has 25 heavy (non-hydrogen) atoms. The highest BCUT2D eigenvalue weighted by Crippen LogP contribution is 2.21. The molecule has 0 aromatic carbocycles. The summed E-state index contributed by atoms with van der Waals surface area (Å²) in [6.07, 6.45) is 4.50. The third-order valence-corrected chi connectivity index (χ3v) is 4.42. The van der Waals surface area contributed by atoms with Crippen molar-refractivity contribution >= 4 is 23.4 Å². The van der Waals surface area contributed by atoms with Crippen molar-refractivity contribution in [2.45, 2.75) is 39.7 Å². The number of rotatable bonds is 5. The number of nitrogens with zero attached hydrogens (tertiary/aromatic N) is 2. The highest BCUT2D eigenvalue weighted by atomic mass is 16.2. The lowest BCUT2D eigenvalue weighted by atomic mass is 9.94. The van der Waals surface area contributed by atoms with E-state index in [1.54, 1.807) is 29.4 Å². The van der Waals surface area contributed by atoms with E-state index in [1.165, 1.54) is 6.92 Å². The second kappa shape index (κ2) is 8.60. The molecule has 2 rings (SSSR count). The third-order valence-electron chi connectivity index (χ3n) is 4.42. The van der Waals surface area contributed by atoms with Gasteiger partial charge in [-0.1, -0.05) is 13.8 Å². The summed E-state index contributed by atoms with van der Waals surface area (Å²) in [4.78, 5) is 42.0. The minimum atomic E-state index is -0.514. The Balaban J connectivity index is 1.88. The van der Waals surface area contributed by atoms with Gasteiger partial charge in [0, 0.05) is 44.0 Å². The van der Waals surface area contributed by atoms with Crippen molar-refractivity contribution in [2.75, 3.05) is 18.4 Å². The Labute approximate surface area is 148 Å². The molecule has 0 spiro atoms. The Kier molecular flexibility index (Phi) is 6.50. The molecular formula is C18H26N4O3. The molecule has 1 aliphatic heterocycles. The van der Waals surface area contributed by atoms with Crippen LogP contribution in [0.4, 0.5) is 5.69 Å². The summed E-state index contributed by atoms with van der Waals surface area (Å²) in [7, 11) is 0. The number of carbonyl (C=O) groups is 3. The van der Waals surface area contributed by atoms with Crippen LogP contribution >= 0.6 is 0 Å². The fourth-order valence-electron chi connectivity index (χ4n) is 2.97. The molecule has 0 bridgehead atoms. The van der Waals surface area contributed by atoms with Crippen LogP contribution in [0.15, 0.2) is 24.5 Å². The normalized spacial score (nSPS) is 16.4. The Morgan fingerprint density at radius 1 is 1.16 bits per heavy atom. The van der Waals surface area contributed by atoms with Gasteiger partial charge in [0.25, 0.3) is 0 Å². The smallest absolute Gasteiger partial charge is 0.245 e. The first kappa shape index (κ1) is 18.9. The summed E-state index contributed by atoms with van der Waals surface area (Å²) in [6, 6.07) is 2.98. The van der Waals surface area contributed by atoms with E-state index in [-0.39, 0.29) is 29.6 Å². The number of anilines is 1. The highest BCUT2D eigenvalue weighted by Gasteiger charge is 2.32. The quantitative estimate of drug-likeness (QED) is 0.843. The Morgan fingerprint density at radius 2 is 1.76 bits per heavy atom. The Morgan fingerprint density at radius 3 is 2.28 bits per heavy atom. The number of aromatic nitrogens is 1. The third kappa shape index (κ3) is 5.27. The molecule has 2 heterocycles. The SMILES string of the molecule is CC(=O)N[C@H](C(=O)N1CCC(C(=O)Nc2ccncc2)CC1)C(C)C. The molecule has 1 aromatic rings. The van der Waals surface area contributed by atoms with Crippen LogP contribution < -0.4 is 10.6 Å². The number of hydrogen-bond donors (Lipinski definition) is 2. The largest absolute Gasteiger partial charge is 0.344 e. The van der Waals surface area contributed by atoms with E-state index in [1.807, 2.05) is 13.8 Å². The molecule has 1 saturated heterocycles. The second-order valence-electron chi connectivity index (χ2n) is 6.75. The monoisotopic (exact) mass is 346 g/mol. The maximum atomic E-state index is 12.6. The van der Waals surface area contributed by atoms with Crippen LogP contribution in [0.25, 0.3) is 0 Å². The zero-order chi connectivity index (χ0) is 18.4. The molecule has 1 atom stereocenters. The average Bonchev–Trinajstić information content (AvgIpc) is 2.59. The van der Waals surface area contributed by atoms with Gasteiger partial charge >= 0.3 is 0 Å². The number of likely N-dealkylation sites (tertiary alicyclic amines) is 1. The predicted octanol–water partition coefficient (Wildman–Crippen LogP) is 1.42. The standard InChI is InChI=1S/C18H26N4O3/c1-12(2)16(20-13(3)23)18(25)22-10-6-14(7-11-22)17(24)21-15-4-8-19-9-5-15/h4-5,8-9,12,14,16H,6-7,10-11H2,1-3H3,(H,20,23)(H,19,21,24)/t16-/m0/s1. The van der Waals surface area contributed by atoms with Crippen molar-refractivity contribution < 1.29 is 14.4 Å². The molecule has 3 amide bonds. The highest BCUT2D eigenvalue weighted by molar-refractivity contribution is 5.93. The number of amides is 3. The van der Waals surface area contributed by atoms with Crippen LogP contribution in [0.5, 0.6) is 0 Å². The zero-order valence-electron chi connectivity index (χ0n) is 15.0. The molecule has 0 radical (unpaired) electrons. The first-order valence-corrected chi connectivity index (χ1v) is 8.65. The number of piperidine rings is 1. The molecule has 0 saturated carbocycles. The molecule has 1 aromatic heterocycles. The number of nitrogens with one attached hydrogen (secondary N) is 2. The summed E-state index contributed by atoms with van der Waals surface area (Å²) in [6.45, 7) is 6.28. The average molecular weight is 346 g/mol. The van der Waals surface area contributed by atoms with Gasteiger partial charge in [-0.25, -0.2) is 0 Å². The fourth-order valence-corrected chi connectivity index (χ4v) is 2.97. The first-order chi connectivity index (χ1) is 11.9. The van der Waals surface area contributed by atoms with Crippen molar-refractivity contribution in [3.05, 3.63) is 24.5 Å². The minimum absolute atomic E-state index is 0.0177. The number of pyridine rings is 1. The van der Waals surface area contributed by atoms with Gasteiger partial charge in [-0.3, -0.25) is 19.4 Å². The molecule has 1 aliphatic rings. The van der Waals surface area contributed by atoms with Gasteiger partial charge in [0.05, 0.1) is 0 Å². The van der Waals surface area contributed by atoms with Crippen LogP contribution in [-0.2, 0) is 14.4 Å². The van der Waals surface area contributed by atoms with Crippen LogP contribution in [0.2, 0.25) is 0 Å². The molecular weight excluding hydrogens is 320 g/mol. The molecule has 0 unspecified atom stereocenters. The van der Waals surface area contributed by atoms with E-state index in [9.17, 15) is 14.4 Å². The van der Waals surface area contributed by atoms with Gasteiger partial charge < -0.3 is 15.5 Å². The van der Waals surface area contributed by atoms with E-state index in [0.29, 0.717) is 25.9 Å². The summed E-state index contributed by atoms with van der Waals surface area (Å²) in [5.74, 6) is -0.406. The van der Waals surface area contributed by atoms with Crippen LogP contribution in [0, 0.1) is 11.8 Å². The summed E-state index contributed by atoms with van der Waals surface area (Å²) < 4.78 is 0. The Bertz CT molecular complexity index is 610. The van der Waals surface area contributed by atoms with E-state index in [0.717, 1.165) is 5.69 Å². The van der Waals surface area contributed by atoms with Crippen molar-refractivity contribution in [1.82, 2.24) is 15.2 Å². The topological polar surface area (TPSA) is 91.4 Å². The van der Waals surface area contributed by atoms with Crippen molar-refractivity contribution in [3.8, 4) is 0 Å². The maximum Gasteiger partial charge on any atom is 0.245 e. The molecule has 1 fully saturated rings. The van der Waals surface area contributed by atoms with E-state index in [2.05, 4.69) is 15.6 Å². The van der Waals surface area contributed by atoms with Gasteiger partial charge in [-0.2, -0.15) is 0 Å². The molecule has 7 heteroatoms. The molecule has 136 valence electrons. The maximum absolute atomic E-state index is 12.6. The summed E-state index contributed by atoms with van der Waals surface area (Å²) in [5, 5.41) is 5.61. The zero-order valence-corrected chi connectivity index (χ0v) is 15.0. The van der Waals surface area contributed by atoms with E-state index >= 15 is 0 Å². The Hall–Kier alpha value is -2.44. The second-order valence-corrected chi connectivity index (χ2v) is 6.75. The lowest BCUT2D eigenvalue weighted by molar-refractivity contribution is -0.139. The molecule has 2 N–H and O–H groups in total. The number of carbonyl (C=O) groups excluding carboxylic acids is 3. The molecule has 7 nitrogen and oxygen atoms in total. The van der Waals surface area contributed by atoms with Gasteiger partial charge in [-0.15, -0.1) is 0 Å². The van der Waals surface area contributed by atoms with Crippen molar-refractivity contribution in [2.24, 2.45) is 11.8 Å². The van der Waals surface area contributed by atoms with E-state index in [4.69, 9.17) is 0 Å². The van der Waals surface area contributed by atoms with E-state index < -0.39 is 6.04 Å². The number of hydrogen-bond acceptors (Lipinski definition) is 4. The summed E-state index contributed by atoms with van der Waals surface area (Å²) >= 11 is 0. The van der Waals surface area contributed by atoms with Gasteiger partial charge in [0.15, 0.2) is 0 Å². The molecule has 0 aliphatic carbocycles. The lowest BCUT2D eigenvalue weighted by Gasteiger charge is -2.34. The lowest BCUT2D eigenvalue weighted by Crippen LogP contribution is -2.53.